The molecule has 0 rings (SSSR count). The first-order valence-corrected chi connectivity index (χ1v) is 1.51. The SMILES string of the molecule is FC(F)(F)[B]Cl. The van der Waals surface area contributed by atoms with Crippen molar-refractivity contribution in [2.45, 2.75) is 6.08 Å². The van der Waals surface area contributed by atoms with Gasteiger partial charge in [0.2, 0.25) is 0 Å². The third-order valence-electron chi connectivity index (χ3n) is 0.124. The van der Waals surface area contributed by atoms with Gasteiger partial charge in [0.1, 0.15) is 0 Å². The van der Waals surface area contributed by atoms with Crippen LogP contribution in [0.5, 0.6) is 0 Å². The first kappa shape index (κ1) is 6.14. The molecule has 5 heteroatoms. The highest BCUT2D eigenvalue weighted by Gasteiger charge is 2.26. The highest BCUT2D eigenvalue weighted by atomic mass is 35.5. The lowest BCUT2D eigenvalue weighted by Gasteiger charge is -1.93. The predicted molar refractivity (Wildman–Crippen MR) is 17.7 cm³/mol. The minimum atomic E-state index is -4.32. The quantitative estimate of drug-likeness (QED) is 0.418. The van der Waals surface area contributed by atoms with Gasteiger partial charge in [0.05, 0.1) is 0 Å². The van der Waals surface area contributed by atoms with Gasteiger partial charge in [0, 0.05) is 0 Å². The van der Waals surface area contributed by atoms with E-state index in [9.17, 15) is 13.2 Å². The van der Waals surface area contributed by atoms with Gasteiger partial charge in [-0.15, -0.1) is 0 Å². The Morgan fingerprint density at radius 1 is 1.33 bits per heavy atom. The Labute approximate surface area is 38.4 Å². The van der Waals surface area contributed by atoms with Crippen molar-refractivity contribution >= 4 is 18.2 Å². The molecule has 0 aromatic heterocycles. The van der Waals surface area contributed by atoms with Crippen molar-refractivity contribution in [3.8, 4) is 0 Å². The molecule has 0 unspecified atom stereocenters. The Balaban J connectivity index is 3.17. The second-order valence-electron chi connectivity index (χ2n) is 0.651. The van der Waals surface area contributed by atoms with E-state index in [0.29, 0.717) is 0 Å². The van der Waals surface area contributed by atoms with E-state index in [1.54, 1.807) is 0 Å². The van der Waals surface area contributed by atoms with Crippen molar-refractivity contribution in [3.05, 3.63) is 0 Å². The maximum atomic E-state index is 10.6. The van der Waals surface area contributed by atoms with Gasteiger partial charge in [0.15, 0.2) is 0 Å². The van der Waals surface area contributed by atoms with Gasteiger partial charge in [-0.3, -0.25) is 0 Å². The summed E-state index contributed by atoms with van der Waals surface area (Å²) in [5.41, 5.74) is 0. The average molecular weight is 115 g/mol. The lowest BCUT2D eigenvalue weighted by atomic mass is 10.1. The summed E-state index contributed by atoms with van der Waals surface area (Å²) in [6.07, 6.45) is -4.32. The molecule has 1 radical (unpaired) electrons. The molecular formula is CBClF3. The molecular weight excluding hydrogens is 115 g/mol. The molecule has 0 aliphatic carbocycles. The normalized spacial score (nSPS) is 11.3. The van der Waals surface area contributed by atoms with E-state index in [4.69, 9.17) is 0 Å². The average Bonchev–Trinajstić information content (AvgIpc) is 1.35. The van der Waals surface area contributed by atoms with E-state index in [-0.39, 0.29) is 6.69 Å². The Kier molecular flexibility index (Phi) is 1.77. The van der Waals surface area contributed by atoms with Crippen molar-refractivity contribution < 1.29 is 13.2 Å². The summed E-state index contributed by atoms with van der Waals surface area (Å²) in [6, 6.07) is 0. The second-order valence-corrected chi connectivity index (χ2v) is 0.869. The molecule has 0 spiro atoms. The summed E-state index contributed by atoms with van der Waals surface area (Å²) in [5.74, 6) is 0. The maximum absolute atomic E-state index is 10.6. The molecule has 0 aromatic carbocycles. The fourth-order valence-corrected chi connectivity index (χ4v) is 0. The molecule has 0 saturated carbocycles. The fourth-order valence-electron chi connectivity index (χ4n) is 0. The summed E-state index contributed by atoms with van der Waals surface area (Å²) in [5, 5.41) is 0. The Bertz CT molecular complexity index is 40.5. The first-order valence-electron chi connectivity index (χ1n) is 1.07. The maximum Gasteiger partial charge on any atom is 0.374 e. The van der Waals surface area contributed by atoms with Gasteiger partial charge in [0.25, 0.3) is 0 Å². The van der Waals surface area contributed by atoms with Crippen LogP contribution < -0.4 is 0 Å². The number of hydrogen-bond acceptors (Lipinski definition) is 0. The molecule has 0 fully saturated rings. The Hall–Kier alpha value is 0.145. The van der Waals surface area contributed by atoms with Crippen LogP contribution in [0.1, 0.15) is 0 Å². The topological polar surface area (TPSA) is 0 Å². The third kappa shape index (κ3) is 4.14. The van der Waals surface area contributed by atoms with Crippen LogP contribution in [0.4, 0.5) is 13.2 Å². The van der Waals surface area contributed by atoms with Crippen LogP contribution in [0.25, 0.3) is 0 Å². The highest BCUT2D eigenvalue weighted by Crippen LogP contribution is 2.12. The molecule has 0 nitrogen and oxygen atoms in total. The zero-order valence-electron chi connectivity index (χ0n) is 2.59. The molecule has 0 aliphatic rings. The van der Waals surface area contributed by atoms with Crippen molar-refractivity contribution in [1.29, 1.82) is 0 Å². The summed E-state index contributed by atoms with van der Waals surface area (Å²) >= 11 is 4.23. The standard InChI is InChI=1S/CBClF3/c3-2-1(4,5)6. The summed E-state index contributed by atoms with van der Waals surface area (Å²) in [6.45, 7) is -0.340. The largest absolute Gasteiger partial charge is 0.374 e. The lowest BCUT2D eigenvalue weighted by Crippen LogP contribution is -2.11. The van der Waals surface area contributed by atoms with Crippen LogP contribution >= 0.6 is 11.5 Å². The molecule has 35 valence electrons. The molecule has 0 saturated heterocycles. The second kappa shape index (κ2) is 1.73. The van der Waals surface area contributed by atoms with Crippen LogP contribution in [0, 0.1) is 0 Å². The summed E-state index contributed by atoms with van der Waals surface area (Å²) < 4.78 is 31.8. The number of hydrogen-bond donors (Lipinski definition) is 0. The van der Waals surface area contributed by atoms with E-state index in [0.717, 1.165) is 0 Å². The fraction of sp³-hybridized carbons (Fsp3) is 1.00. The van der Waals surface area contributed by atoms with Crippen LogP contribution in [0.2, 0.25) is 0 Å². The van der Waals surface area contributed by atoms with Gasteiger partial charge < -0.3 is 0 Å². The number of halogens is 4. The Morgan fingerprint density at radius 2 is 1.50 bits per heavy atom. The minimum Gasteiger partial charge on any atom is -0.191 e. The van der Waals surface area contributed by atoms with Gasteiger partial charge in [-0.25, -0.2) is 0 Å². The van der Waals surface area contributed by atoms with E-state index >= 15 is 0 Å². The van der Waals surface area contributed by atoms with E-state index in [1.165, 1.54) is 0 Å². The molecule has 0 bridgehead atoms. The van der Waals surface area contributed by atoms with Crippen LogP contribution in [-0.2, 0) is 0 Å². The molecule has 0 aromatic rings. The van der Waals surface area contributed by atoms with Crippen molar-refractivity contribution in [1.82, 2.24) is 0 Å². The van der Waals surface area contributed by atoms with E-state index in [2.05, 4.69) is 11.5 Å². The number of rotatable bonds is 0. The molecule has 0 amide bonds. The van der Waals surface area contributed by atoms with Crippen LogP contribution in [-0.4, -0.2) is 12.8 Å². The lowest BCUT2D eigenvalue weighted by molar-refractivity contribution is -0.0445. The van der Waals surface area contributed by atoms with Gasteiger partial charge in [-0.2, -0.15) is 24.6 Å². The number of alkyl halides is 3. The van der Waals surface area contributed by atoms with E-state index in [1.807, 2.05) is 0 Å². The van der Waals surface area contributed by atoms with Crippen molar-refractivity contribution in [2.75, 3.05) is 0 Å². The third-order valence-corrected chi connectivity index (χ3v) is 0.371. The zero-order chi connectivity index (χ0) is 5.21. The minimum absolute atomic E-state index is 0.340. The van der Waals surface area contributed by atoms with E-state index < -0.39 is 6.08 Å². The van der Waals surface area contributed by atoms with Gasteiger partial charge >= 0.3 is 12.8 Å². The van der Waals surface area contributed by atoms with Crippen molar-refractivity contribution in [3.63, 3.8) is 0 Å². The molecule has 6 heavy (non-hydrogen) atoms. The highest BCUT2D eigenvalue weighted by molar-refractivity contribution is 6.94. The predicted octanol–water partition coefficient (Wildman–Crippen LogP) is 1.36. The molecule has 0 aliphatic heterocycles. The Morgan fingerprint density at radius 3 is 1.50 bits per heavy atom. The smallest absolute Gasteiger partial charge is 0.191 e. The monoisotopic (exact) mass is 115 g/mol. The van der Waals surface area contributed by atoms with Gasteiger partial charge in [-0.1, -0.05) is 0 Å². The van der Waals surface area contributed by atoms with Gasteiger partial charge in [-0.05, 0) is 0 Å². The van der Waals surface area contributed by atoms with Crippen LogP contribution in [0.3, 0.4) is 0 Å². The molecule has 0 N–H and O–H groups in total. The first-order chi connectivity index (χ1) is 2.56. The summed E-state index contributed by atoms with van der Waals surface area (Å²) in [7, 11) is 0. The van der Waals surface area contributed by atoms with Crippen molar-refractivity contribution in [2.24, 2.45) is 0 Å². The van der Waals surface area contributed by atoms with Crippen LogP contribution in [0.15, 0.2) is 0 Å². The molecule has 0 heterocycles. The summed E-state index contributed by atoms with van der Waals surface area (Å²) in [4.78, 5) is 0. The molecule has 0 atom stereocenters. The zero-order valence-corrected chi connectivity index (χ0v) is 3.35.